The van der Waals surface area contributed by atoms with E-state index < -0.39 is 30.1 Å². The fourth-order valence-corrected chi connectivity index (χ4v) is 1.98. The lowest BCUT2D eigenvalue weighted by Crippen LogP contribution is -2.52. The van der Waals surface area contributed by atoms with Gasteiger partial charge in [-0.2, -0.15) is 0 Å². The molecule has 0 aliphatic carbocycles. The minimum Gasteiger partial charge on any atom is -0.480 e. The van der Waals surface area contributed by atoms with Gasteiger partial charge >= 0.3 is 12.1 Å². The Morgan fingerprint density at radius 3 is 1.86 bits per heavy atom. The first kappa shape index (κ1) is 20.2. The summed E-state index contributed by atoms with van der Waals surface area (Å²) in [6.45, 7) is 9.45. The molecule has 0 aromatic rings. The molecule has 0 bridgehead atoms. The monoisotopic (exact) mass is 316 g/mol. The van der Waals surface area contributed by atoms with Gasteiger partial charge in [-0.05, 0) is 31.6 Å². The van der Waals surface area contributed by atoms with Gasteiger partial charge in [-0.25, -0.2) is 9.59 Å². The molecule has 0 radical (unpaired) electrons. The summed E-state index contributed by atoms with van der Waals surface area (Å²) in [5.74, 6) is -1.30. The smallest absolute Gasteiger partial charge is 0.407 e. The van der Waals surface area contributed by atoms with Gasteiger partial charge in [-0.3, -0.25) is 4.79 Å². The van der Waals surface area contributed by atoms with Crippen LogP contribution in [0, 0.1) is 11.8 Å². The predicted octanol–water partition coefficient (Wildman–Crippen LogP) is 1.76. The highest BCUT2D eigenvalue weighted by Crippen LogP contribution is 2.09. The first-order chi connectivity index (χ1) is 10.2. The molecule has 0 rings (SSSR count). The molecule has 22 heavy (non-hydrogen) atoms. The standard InChI is InChI=1S/C15H28N2O5/c1-6-22-15(21)17-11(7-9(2)3)13(18)16-12(14(19)20)8-10(4)5/h9-12H,6-8H2,1-5H3,(H,16,18)(H,17,21)(H,19,20). The van der Waals surface area contributed by atoms with E-state index in [1.165, 1.54) is 0 Å². The van der Waals surface area contributed by atoms with E-state index in [9.17, 15) is 19.5 Å². The van der Waals surface area contributed by atoms with Crippen LogP contribution in [0.2, 0.25) is 0 Å². The second-order valence-corrected chi connectivity index (χ2v) is 6.08. The zero-order chi connectivity index (χ0) is 17.3. The lowest BCUT2D eigenvalue weighted by molar-refractivity contribution is -0.142. The third-order valence-corrected chi connectivity index (χ3v) is 2.91. The lowest BCUT2D eigenvalue weighted by atomic mass is 10.0. The minimum absolute atomic E-state index is 0.128. The molecule has 0 saturated heterocycles. The van der Waals surface area contributed by atoms with Crippen LogP contribution in [0.3, 0.4) is 0 Å². The molecule has 2 atom stereocenters. The largest absolute Gasteiger partial charge is 0.480 e. The van der Waals surface area contributed by atoms with Crippen molar-refractivity contribution in [3.63, 3.8) is 0 Å². The minimum atomic E-state index is -1.08. The van der Waals surface area contributed by atoms with Gasteiger partial charge in [0, 0.05) is 0 Å². The summed E-state index contributed by atoms with van der Waals surface area (Å²) in [5, 5.41) is 14.1. The zero-order valence-corrected chi connectivity index (χ0v) is 14.0. The van der Waals surface area contributed by atoms with E-state index in [4.69, 9.17) is 4.74 Å². The van der Waals surface area contributed by atoms with Crippen LogP contribution in [0.1, 0.15) is 47.5 Å². The van der Waals surface area contributed by atoms with Crippen molar-refractivity contribution in [2.45, 2.75) is 59.5 Å². The van der Waals surface area contributed by atoms with E-state index in [2.05, 4.69) is 10.6 Å². The first-order valence-corrected chi connectivity index (χ1v) is 7.63. The summed E-state index contributed by atoms with van der Waals surface area (Å²) < 4.78 is 4.77. The second kappa shape index (κ2) is 10.0. The van der Waals surface area contributed by atoms with Crippen molar-refractivity contribution in [3.05, 3.63) is 0 Å². The Labute approximate surface area is 131 Å². The number of ether oxygens (including phenoxy) is 1. The third kappa shape index (κ3) is 8.49. The predicted molar refractivity (Wildman–Crippen MR) is 82.4 cm³/mol. The molecule has 2 amide bonds. The number of hydrogen-bond acceptors (Lipinski definition) is 4. The van der Waals surface area contributed by atoms with Crippen LogP contribution >= 0.6 is 0 Å². The van der Waals surface area contributed by atoms with Gasteiger partial charge in [0.05, 0.1) is 6.61 Å². The average molecular weight is 316 g/mol. The van der Waals surface area contributed by atoms with Crippen molar-refractivity contribution in [1.82, 2.24) is 10.6 Å². The van der Waals surface area contributed by atoms with Gasteiger partial charge in [0.25, 0.3) is 0 Å². The summed E-state index contributed by atoms with van der Waals surface area (Å²) >= 11 is 0. The first-order valence-electron chi connectivity index (χ1n) is 7.63. The van der Waals surface area contributed by atoms with Crippen molar-refractivity contribution in [3.8, 4) is 0 Å². The Bertz CT molecular complexity index is 382. The normalized spacial score (nSPS) is 13.6. The van der Waals surface area contributed by atoms with Crippen molar-refractivity contribution >= 4 is 18.0 Å². The fourth-order valence-electron chi connectivity index (χ4n) is 1.98. The molecule has 0 spiro atoms. The molecule has 0 aromatic carbocycles. The molecule has 7 nitrogen and oxygen atoms in total. The Balaban J connectivity index is 4.85. The molecule has 0 aromatic heterocycles. The summed E-state index contributed by atoms with van der Waals surface area (Å²) in [4.78, 5) is 35.0. The van der Waals surface area contributed by atoms with E-state index in [0.717, 1.165) is 0 Å². The van der Waals surface area contributed by atoms with Gasteiger partial charge in [0.2, 0.25) is 5.91 Å². The maximum absolute atomic E-state index is 12.3. The number of carbonyl (C=O) groups is 3. The van der Waals surface area contributed by atoms with Gasteiger partial charge in [0.15, 0.2) is 0 Å². The molecule has 0 aliphatic heterocycles. The summed E-state index contributed by atoms with van der Waals surface area (Å²) in [6, 6.07) is -1.78. The number of carboxylic acids is 1. The summed E-state index contributed by atoms with van der Waals surface area (Å²) in [6.07, 6.45) is 0.0483. The maximum Gasteiger partial charge on any atom is 0.407 e. The van der Waals surface area contributed by atoms with Gasteiger partial charge in [-0.1, -0.05) is 27.7 Å². The van der Waals surface area contributed by atoms with Crippen molar-refractivity contribution in [2.24, 2.45) is 11.8 Å². The molecule has 128 valence electrons. The van der Waals surface area contributed by atoms with Crippen molar-refractivity contribution in [2.75, 3.05) is 6.61 Å². The number of hydrogen-bond donors (Lipinski definition) is 3. The second-order valence-electron chi connectivity index (χ2n) is 6.08. The summed E-state index contributed by atoms with van der Waals surface area (Å²) in [7, 11) is 0. The van der Waals surface area contributed by atoms with Gasteiger partial charge < -0.3 is 20.5 Å². The van der Waals surface area contributed by atoms with Crippen molar-refractivity contribution in [1.29, 1.82) is 0 Å². The highest BCUT2D eigenvalue weighted by Gasteiger charge is 2.27. The highest BCUT2D eigenvalue weighted by molar-refractivity contribution is 5.89. The molecular weight excluding hydrogens is 288 g/mol. The van der Waals surface area contributed by atoms with Crippen LogP contribution < -0.4 is 10.6 Å². The van der Waals surface area contributed by atoms with Crippen LogP contribution in [-0.2, 0) is 14.3 Å². The van der Waals surface area contributed by atoms with E-state index in [-0.39, 0.29) is 18.4 Å². The maximum atomic E-state index is 12.3. The zero-order valence-electron chi connectivity index (χ0n) is 14.0. The van der Waals surface area contributed by atoms with E-state index >= 15 is 0 Å². The molecule has 0 heterocycles. The molecule has 2 unspecified atom stereocenters. The van der Waals surface area contributed by atoms with Crippen LogP contribution in [-0.4, -0.2) is 41.8 Å². The van der Waals surface area contributed by atoms with E-state index in [0.29, 0.717) is 12.8 Å². The van der Waals surface area contributed by atoms with E-state index in [1.807, 2.05) is 27.7 Å². The number of carbonyl (C=O) groups excluding carboxylic acids is 2. The van der Waals surface area contributed by atoms with E-state index in [1.54, 1.807) is 6.92 Å². The number of amides is 2. The topological polar surface area (TPSA) is 105 Å². The number of alkyl carbamates (subject to hydrolysis) is 1. The van der Waals surface area contributed by atoms with Gasteiger partial charge in [-0.15, -0.1) is 0 Å². The Hall–Kier alpha value is -1.79. The van der Waals surface area contributed by atoms with Crippen LogP contribution in [0.4, 0.5) is 4.79 Å². The number of aliphatic carboxylic acids is 1. The quantitative estimate of drug-likeness (QED) is 0.601. The molecular formula is C15H28N2O5. The Morgan fingerprint density at radius 1 is 0.955 bits per heavy atom. The number of carboxylic acid groups (broad SMARTS) is 1. The number of nitrogens with one attached hydrogen (secondary N) is 2. The third-order valence-electron chi connectivity index (χ3n) is 2.91. The van der Waals surface area contributed by atoms with Crippen molar-refractivity contribution < 1.29 is 24.2 Å². The Morgan fingerprint density at radius 2 is 1.45 bits per heavy atom. The molecule has 0 saturated carbocycles. The average Bonchev–Trinajstić information content (AvgIpc) is 2.36. The van der Waals surface area contributed by atoms with Crippen LogP contribution in [0.25, 0.3) is 0 Å². The highest BCUT2D eigenvalue weighted by atomic mass is 16.5. The molecule has 7 heteroatoms. The lowest BCUT2D eigenvalue weighted by Gasteiger charge is -2.23. The van der Waals surface area contributed by atoms with Gasteiger partial charge in [0.1, 0.15) is 12.1 Å². The molecule has 0 aliphatic rings. The molecule has 3 N–H and O–H groups in total. The van der Waals surface area contributed by atoms with Crippen LogP contribution in [0.5, 0.6) is 0 Å². The molecule has 0 fully saturated rings. The SMILES string of the molecule is CCOC(=O)NC(CC(C)C)C(=O)NC(CC(C)C)C(=O)O. The summed E-state index contributed by atoms with van der Waals surface area (Å²) in [5.41, 5.74) is 0. The van der Waals surface area contributed by atoms with Crippen LogP contribution in [0.15, 0.2) is 0 Å². The number of rotatable bonds is 9. The Kier molecular flexibility index (Phi) is 9.21. The fraction of sp³-hybridized carbons (Fsp3) is 0.800.